The van der Waals surface area contributed by atoms with Crippen LogP contribution in [0.5, 0.6) is 17.2 Å². The number of nitrogens with zero attached hydrogens (tertiary/aromatic N) is 3. The first kappa shape index (κ1) is 25.5. The molecule has 1 aliphatic heterocycles. The standard InChI is InChI=1S/C25H35N3O6/c1-7-25(2,3)22(29)24(30)28-13-9-8-10-17(28)23-27-26-20(34-23)12-11-16-14-18(31-4)21(33-6)19(15-16)32-5/h14-15,17H,7-13H2,1-6H3/t17-/m0/s1. The third-order valence-corrected chi connectivity index (χ3v) is 6.58. The number of ketones is 1. The highest BCUT2D eigenvalue weighted by molar-refractivity contribution is 6.38. The van der Waals surface area contributed by atoms with Crippen molar-refractivity contribution in [3.05, 3.63) is 29.5 Å². The minimum atomic E-state index is -0.695. The molecule has 1 aromatic carbocycles. The summed E-state index contributed by atoms with van der Waals surface area (Å²) in [5.74, 6) is 1.73. The molecule has 34 heavy (non-hydrogen) atoms. The molecule has 0 spiro atoms. The molecule has 186 valence electrons. The number of hydrogen-bond acceptors (Lipinski definition) is 8. The second-order valence-electron chi connectivity index (χ2n) is 9.14. The average Bonchev–Trinajstić information content (AvgIpc) is 3.34. The van der Waals surface area contributed by atoms with Crippen molar-refractivity contribution >= 4 is 11.7 Å². The molecule has 1 aromatic heterocycles. The van der Waals surface area contributed by atoms with Gasteiger partial charge in [-0.05, 0) is 49.8 Å². The van der Waals surface area contributed by atoms with Gasteiger partial charge in [-0.3, -0.25) is 9.59 Å². The number of Topliss-reactive ketones (excluding diaryl/α,β-unsaturated/α-hetero) is 1. The van der Waals surface area contributed by atoms with Gasteiger partial charge in [0.25, 0.3) is 5.91 Å². The van der Waals surface area contributed by atoms with Crippen molar-refractivity contribution in [1.82, 2.24) is 15.1 Å². The fourth-order valence-electron chi connectivity index (χ4n) is 4.05. The van der Waals surface area contributed by atoms with Gasteiger partial charge in [0.05, 0.1) is 21.3 Å². The molecule has 0 unspecified atom stereocenters. The number of aryl methyl sites for hydroxylation is 2. The molecule has 1 saturated heterocycles. The molecule has 9 nitrogen and oxygen atoms in total. The fraction of sp³-hybridized carbons (Fsp3) is 0.600. The number of hydrogen-bond donors (Lipinski definition) is 0. The number of carbonyl (C=O) groups excluding carboxylic acids is 2. The van der Waals surface area contributed by atoms with Crippen molar-refractivity contribution in [1.29, 1.82) is 0 Å². The molecule has 0 saturated carbocycles. The maximum Gasteiger partial charge on any atom is 0.291 e. The third kappa shape index (κ3) is 5.34. The Morgan fingerprint density at radius 3 is 2.32 bits per heavy atom. The molecule has 0 aliphatic carbocycles. The number of piperidine rings is 1. The highest BCUT2D eigenvalue weighted by Crippen LogP contribution is 2.38. The van der Waals surface area contributed by atoms with Gasteiger partial charge in [0, 0.05) is 18.4 Å². The predicted molar refractivity (Wildman–Crippen MR) is 125 cm³/mol. The van der Waals surface area contributed by atoms with E-state index in [0.717, 1.165) is 18.4 Å². The van der Waals surface area contributed by atoms with Gasteiger partial charge in [-0.2, -0.15) is 0 Å². The van der Waals surface area contributed by atoms with Crippen LogP contribution in [0.3, 0.4) is 0 Å². The van der Waals surface area contributed by atoms with E-state index in [9.17, 15) is 9.59 Å². The number of rotatable bonds is 10. The van der Waals surface area contributed by atoms with Crippen molar-refractivity contribution in [2.75, 3.05) is 27.9 Å². The van der Waals surface area contributed by atoms with Crippen LogP contribution >= 0.6 is 0 Å². The third-order valence-electron chi connectivity index (χ3n) is 6.58. The van der Waals surface area contributed by atoms with Crippen molar-refractivity contribution < 1.29 is 28.2 Å². The lowest BCUT2D eigenvalue weighted by molar-refractivity contribution is -0.152. The lowest BCUT2D eigenvalue weighted by Gasteiger charge is -2.34. The first-order valence-corrected chi connectivity index (χ1v) is 11.7. The van der Waals surface area contributed by atoms with Gasteiger partial charge < -0.3 is 23.5 Å². The number of amides is 1. The Labute approximate surface area is 200 Å². The summed E-state index contributed by atoms with van der Waals surface area (Å²) < 4.78 is 22.2. The van der Waals surface area contributed by atoms with Crippen LogP contribution in [0.4, 0.5) is 0 Å². The smallest absolute Gasteiger partial charge is 0.291 e. The van der Waals surface area contributed by atoms with E-state index in [-0.39, 0.29) is 11.8 Å². The Kier molecular flexibility index (Phi) is 8.17. The molecule has 0 bridgehead atoms. The number of ether oxygens (including phenoxy) is 3. The summed E-state index contributed by atoms with van der Waals surface area (Å²) in [5.41, 5.74) is 0.274. The summed E-state index contributed by atoms with van der Waals surface area (Å²) in [7, 11) is 4.72. The molecule has 2 aromatic rings. The second kappa shape index (κ2) is 10.9. The van der Waals surface area contributed by atoms with Gasteiger partial charge in [-0.15, -0.1) is 10.2 Å². The highest BCUT2D eigenvalue weighted by atomic mass is 16.5. The van der Waals surface area contributed by atoms with E-state index in [1.807, 2.05) is 19.1 Å². The summed E-state index contributed by atoms with van der Waals surface area (Å²) in [5, 5.41) is 8.43. The van der Waals surface area contributed by atoms with E-state index in [4.69, 9.17) is 18.6 Å². The first-order chi connectivity index (χ1) is 16.2. The predicted octanol–water partition coefficient (Wildman–Crippen LogP) is 3.94. The van der Waals surface area contributed by atoms with Crippen LogP contribution in [-0.4, -0.2) is 54.7 Å². The molecule has 0 radical (unpaired) electrons. The molecule has 1 fully saturated rings. The fourth-order valence-corrected chi connectivity index (χ4v) is 4.05. The largest absolute Gasteiger partial charge is 0.493 e. The van der Waals surface area contributed by atoms with Crippen LogP contribution in [0.25, 0.3) is 0 Å². The second-order valence-corrected chi connectivity index (χ2v) is 9.14. The van der Waals surface area contributed by atoms with Gasteiger partial charge in [0.1, 0.15) is 6.04 Å². The van der Waals surface area contributed by atoms with Gasteiger partial charge >= 0.3 is 0 Å². The Bertz CT molecular complexity index is 991. The van der Waals surface area contributed by atoms with E-state index in [1.165, 1.54) is 0 Å². The summed E-state index contributed by atoms with van der Waals surface area (Å²) >= 11 is 0. The normalized spacial score (nSPS) is 16.3. The topological polar surface area (TPSA) is 104 Å². The van der Waals surface area contributed by atoms with Gasteiger partial charge in [0.15, 0.2) is 11.5 Å². The van der Waals surface area contributed by atoms with Crippen LogP contribution in [0.2, 0.25) is 0 Å². The minimum absolute atomic E-state index is 0.371. The lowest BCUT2D eigenvalue weighted by atomic mass is 9.84. The van der Waals surface area contributed by atoms with E-state index in [1.54, 1.807) is 40.1 Å². The maximum atomic E-state index is 13.0. The van der Waals surface area contributed by atoms with Crippen LogP contribution in [0.1, 0.15) is 69.8 Å². The Morgan fingerprint density at radius 1 is 1.06 bits per heavy atom. The van der Waals surface area contributed by atoms with Crippen LogP contribution < -0.4 is 14.2 Å². The molecule has 0 N–H and O–H groups in total. The van der Waals surface area contributed by atoms with E-state index >= 15 is 0 Å². The number of methoxy groups -OCH3 is 3. The zero-order chi connectivity index (χ0) is 24.9. The monoisotopic (exact) mass is 473 g/mol. The SMILES string of the molecule is CCC(C)(C)C(=O)C(=O)N1CCCC[C@H]1c1nnc(CCc2cc(OC)c(OC)c(OC)c2)o1. The Balaban J connectivity index is 1.74. The van der Waals surface area contributed by atoms with Gasteiger partial charge in [-0.1, -0.05) is 20.8 Å². The molecular weight excluding hydrogens is 438 g/mol. The van der Waals surface area contributed by atoms with E-state index < -0.39 is 11.3 Å². The minimum Gasteiger partial charge on any atom is -0.493 e. The van der Waals surface area contributed by atoms with Crippen LogP contribution in [0.15, 0.2) is 16.5 Å². The summed E-state index contributed by atoms with van der Waals surface area (Å²) in [6.45, 7) is 6.04. The van der Waals surface area contributed by atoms with Crippen molar-refractivity contribution in [3.63, 3.8) is 0 Å². The molecular formula is C25H35N3O6. The Morgan fingerprint density at radius 2 is 1.74 bits per heavy atom. The first-order valence-electron chi connectivity index (χ1n) is 11.7. The zero-order valence-corrected chi connectivity index (χ0v) is 21.0. The molecule has 3 rings (SSSR count). The lowest BCUT2D eigenvalue weighted by Crippen LogP contribution is -2.46. The average molecular weight is 474 g/mol. The highest BCUT2D eigenvalue weighted by Gasteiger charge is 2.39. The van der Waals surface area contributed by atoms with Crippen molar-refractivity contribution in [3.8, 4) is 17.2 Å². The quantitative estimate of drug-likeness (QED) is 0.478. The molecule has 1 atom stereocenters. The Hall–Kier alpha value is -3.10. The van der Waals surface area contributed by atoms with Crippen LogP contribution in [0, 0.1) is 5.41 Å². The molecule has 1 amide bonds. The number of carbonyl (C=O) groups is 2. The van der Waals surface area contributed by atoms with Gasteiger partial charge in [-0.25, -0.2) is 0 Å². The van der Waals surface area contributed by atoms with Crippen LogP contribution in [-0.2, 0) is 22.4 Å². The zero-order valence-electron chi connectivity index (χ0n) is 21.0. The van der Waals surface area contributed by atoms with E-state index in [0.29, 0.717) is 61.3 Å². The molecule has 1 aliphatic rings. The van der Waals surface area contributed by atoms with E-state index in [2.05, 4.69) is 10.2 Å². The number of likely N-dealkylation sites (tertiary alicyclic amines) is 1. The molecule has 2 heterocycles. The number of benzene rings is 1. The van der Waals surface area contributed by atoms with Crippen molar-refractivity contribution in [2.45, 2.75) is 65.3 Å². The number of aromatic nitrogens is 2. The van der Waals surface area contributed by atoms with Crippen molar-refractivity contribution in [2.24, 2.45) is 5.41 Å². The maximum absolute atomic E-state index is 13.0. The summed E-state index contributed by atoms with van der Waals surface area (Å²) in [6.07, 6.45) is 4.21. The molecule has 9 heteroatoms. The summed E-state index contributed by atoms with van der Waals surface area (Å²) in [4.78, 5) is 27.4. The summed E-state index contributed by atoms with van der Waals surface area (Å²) in [6, 6.07) is 3.41. The van der Waals surface area contributed by atoms with Gasteiger partial charge in [0.2, 0.25) is 23.3 Å².